The van der Waals surface area contributed by atoms with Crippen LogP contribution < -0.4 is 15.0 Å². The number of aromatic nitrogens is 1. The van der Waals surface area contributed by atoms with Crippen molar-refractivity contribution in [1.82, 2.24) is 15.2 Å². The zero-order chi connectivity index (χ0) is 20.9. The summed E-state index contributed by atoms with van der Waals surface area (Å²) in [5.41, 5.74) is 1.90. The van der Waals surface area contributed by atoms with E-state index in [1.54, 1.807) is 4.90 Å². The molecule has 2 aliphatic rings. The molecule has 0 unspecified atom stereocenters. The molecule has 1 saturated heterocycles. The first-order chi connectivity index (χ1) is 14.6. The molecule has 0 atom stereocenters. The molecule has 3 heterocycles. The van der Waals surface area contributed by atoms with Crippen LogP contribution in [0.1, 0.15) is 28.4 Å². The number of morpholine rings is 1. The van der Waals surface area contributed by atoms with Crippen LogP contribution in [0.5, 0.6) is 5.75 Å². The highest BCUT2D eigenvalue weighted by molar-refractivity contribution is 5.97. The fourth-order valence-electron chi connectivity index (χ4n) is 3.53. The first-order valence-corrected chi connectivity index (χ1v) is 10.2. The van der Waals surface area contributed by atoms with E-state index in [1.807, 2.05) is 25.1 Å². The van der Waals surface area contributed by atoms with Crippen molar-refractivity contribution in [3.8, 4) is 5.75 Å². The zero-order valence-electron chi connectivity index (χ0n) is 17.1. The van der Waals surface area contributed by atoms with E-state index in [0.717, 1.165) is 44.8 Å². The van der Waals surface area contributed by atoms with Gasteiger partial charge in [0.1, 0.15) is 18.6 Å². The van der Waals surface area contributed by atoms with Crippen molar-refractivity contribution in [3.05, 3.63) is 41.6 Å². The maximum Gasteiger partial charge on any atom is 0.273 e. The molecule has 4 rings (SSSR count). The van der Waals surface area contributed by atoms with Crippen LogP contribution >= 0.6 is 0 Å². The molecule has 0 radical (unpaired) electrons. The molecular formula is C21H26N4O5. The van der Waals surface area contributed by atoms with E-state index in [4.69, 9.17) is 13.9 Å². The lowest BCUT2D eigenvalue weighted by molar-refractivity contribution is -0.121. The maximum absolute atomic E-state index is 12.4. The number of anilines is 1. The maximum atomic E-state index is 12.4. The van der Waals surface area contributed by atoms with Crippen LogP contribution in [0, 0.1) is 6.92 Å². The van der Waals surface area contributed by atoms with E-state index in [-0.39, 0.29) is 30.7 Å². The van der Waals surface area contributed by atoms with Crippen LogP contribution in [0.2, 0.25) is 0 Å². The predicted molar refractivity (Wildman–Crippen MR) is 109 cm³/mol. The largest absolute Gasteiger partial charge is 0.482 e. The third kappa shape index (κ3) is 4.80. The van der Waals surface area contributed by atoms with E-state index in [2.05, 4.69) is 15.2 Å². The third-order valence-corrected chi connectivity index (χ3v) is 5.18. The number of carbonyl (C=O) groups is 2. The van der Waals surface area contributed by atoms with Gasteiger partial charge in [0.15, 0.2) is 12.3 Å². The number of ether oxygens (including phenoxy) is 2. The van der Waals surface area contributed by atoms with Crippen LogP contribution in [0.25, 0.3) is 0 Å². The molecular weight excluding hydrogens is 388 g/mol. The number of hydrogen-bond acceptors (Lipinski definition) is 7. The lowest BCUT2D eigenvalue weighted by atomic mass is 10.1. The van der Waals surface area contributed by atoms with E-state index in [0.29, 0.717) is 23.9 Å². The number of oxazole rings is 1. The highest BCUT2D eigenvalue weighted by atomic mass is 16.5. The molecule has 2 amide bonds. The molecule has 0 bridgehead atoms. The molecule has 2 aliphatic heterocycles. The Labute approximate surface area is 174 Å². The fourth-order valence-corrected chi connectivity index (χ4v) is 3.53. The van der Waals surface area contributed by atoms with Gasteiger partial charge in [0, 0.05) is 19.6 Å². The Balaban J connectivity index is 1.31. The number of nitrogens with zero attached hydrogens (tertiary/aromatic N) is 3. The third-order valence-electron chi connectivity index (χ3n) is 5.18. The molecule has 1 fully saturated rings. The van der Waals surface area contributed by atoms with E-state index >= 15 is 0 Å². The number of aryl methyl sites for hydroxylation is 1. The summed E-state index contributed by atoms with van der Waals surface area (Å²) in [6, 6.07) is 5.66. The van der Waals surface area contributed by atoms with Gasteiger partial charge in [-0.3, -0.25) is 19.4 Å². The SMILES string of the molecule is Cc1ccc2c(c1)N(Cc1nc(C(=O)NCCCN3CCOCC3)co1)C(=O)CO2. The van der Waals surface area contributed by atoms with Gasteiger partial charge in [-0.2, -0.15) is 0 Å². The highest BCUT2D eigenvalue weighted by Crippen LogP contribution is 2.33. The molecule has 0 aliphatic carbocycles. The van der Waals surface area contributed by atoms with Crippen LogP contribution in [-0.4, -0.2) is 67.7 Å². The lowest BCUT2D eigenvalue weighted by Crippen LogP contribution is -2.38. The summed E-state index contributed by atoms with van der Waals surface area (Å²) in [4.78, 5) is 32.9. The van der Waals surface area contributed by atoms with Crippen molar-refractivity contribution >= 4 is 17.5 Å². The number of hydrogen-bond donors (Lipinski definition) is 1. The van der Waals surface area contributed by atoms with Gasteiger partial charge in [-0.1, -0.05) is 6.07 Å². The Hall–Kier alpha value is -2.91. The van der Waals surface area contributed by atoms with Gasteiger partial charge >= 0.3 is 0 Å². The molecule has 2 aromatic rings. The van der Waals surface area contributed by atoms with E-state index in [9.17, 15) is 9.59 Å². The number of nitrogens with one attached hydrogen (secondary N) is 1. The average molecular weight is 414 g/mol. The normalized spacial score (nSPS) is 16.8. The molecule has 30 heavy (non-hydrogen) atoms. The molecule has 9 nitrogen and oxygen atoms in total. The van der Waals surface area contributed by atoms with Crippen LogP contribution in [0.15, 0.2) is 28.9 Å². The predicted octanol–water partition coefficient (Wildman–Crippen LogP) is 1.36. The Morgan fingerprint density at radius 3 is 2.93 bits per heavy atom. The second-order valence-corrected chi connectivity index (χ2v) is 7.43. The molecule has 1 aromatic carbocycles. The second-order valence-electron chi connectivity index (χ2n) is 7.43. The summed E-state index contributed by atoms with van der Waals surface area (Å²) in [7, 11) is 0. The molecule has 9 heteroatoms. The number of benzene rings is 1. The van der Waals surface area contributed by atoms with Crippen LogP contribution in [0.4, 0.5) is 5.69 Å². The Kier molecular flexibility index (Phi) is 6.29. The molecule has 1 N–H and O–H groups in total. The Bertz CT molecular complexity index is 907. The van der Waals surface area contributed by atoms with Gasteiger partial charge in [-0.15, -0.1) is 0 Å². The first-order valence-electron chi connectivity index (χ1n) is 10.2. The molecule has 0 saturated carbocycles. The van der Waals surface area contributed by atoms with Crippen molar-refractivity contribution in [3.63, 3.8) is 0 Å². The Morgan fingerprint density at radius 1 is 1.27 bits per heavy atom. The van der Waals surface area contributed by atoms with Crippen molar-refractivity contribution < 1.29 is 23.5 Å². The van der Waals surface area contributed by atoms with Gasteiger partial charge in [-0.05, 0) is 37.6 Å². The van der Waals surface area contributed by atoms with Crippen LogP contribution in [0.3, 0.4) is 0 Å². The number of amides is 2. The highest BCUT2D eigenvalue weighted by Gasteiger charge is 2.27. The summed E-state index contributed by atoms with van der Waals surface area (Å²) in [5.74, 6) is 0.484. The number of carbonyl (C=O) groups excluding carboxylic acids is 2. The lowest BCUT2D eigenvalue weighted by Gasteiger charge is -2.28. The number of rotatable bonds is 7. The molecule has 160 valence electrons. The molecule has 0 spiro atoms. The standard InChI is InChI=1S/C21H26N4O5/c1-15-3-4-18-17(11-15)25(20(26)14-29-18)12-19-23-16(13-30-19)21(27)22-5-2-6-24-7-9-28-10-8-24/h3-4,11,13H,2,5-10,12,14H2,1H3,(H,22,27). The van der Waals surface area contributed by atoms with Gasteiger partial charge in [0.05, 0.1) is 18.9 Å². The van der Waals surface area contributed by atoms with Gasteiger partial charge in [0.25, 0.3) is 11.8 Å². The topological polar surface area (TPSA) is 97.1 Å². The minimum Gasteiger partial charge on any atom is -0.482 e. The molecule has 1 aromatic heterocycles. The summed E-state index contributed by atoms with van der Waals surface area (Å²) in [5, 5.41) is 2.87. The number of fused-ring (bicyclic) bond motifs is 1. The minimum absolute atomic E-state index is 0.0345. The average Bonchev–Trinajstić information content (AvgIpc) is 3.23. The first kappa shape index (κ1) is 20.4. The summed E-state index contributed by atoms with van der Waals surface area (Å²) >= 11 is 0. The van der Waals surface area contributed by atoms with Crippen molar-refractivity contribution in [2.75, 3.05) is 50.9 Å². The van der Waals surface area contributed by atoms with Crippen molar-refractivity contribution in [2.24, 2.45) is 0 Å². The van der Waals surface area contributed by atoms with Crippen molar-refractivity contribution in [1.29, 1.82) is 0 Å². The van der Waals surface area contributed by atoms with Crippen molar-refractivity contribution in [2.45, 2.75) is 19.9 Å². The second kappa shape index (κ2) is 9.27. The summed E-state index contributed by atoms with van der Waals surface area (Å²) in [6.45, 7) is 6.94. The zero-order valence-corrected chi connectivity index (χ0v) is 17.1. The van der Waals surface area contributed by atoms with Gasteiger partial charge in [-0.25, -0.2) is 4.98 Å². The van der Waals surface area contributed by atoms with Crippen LogP contribution in [-0.2, 0) is 16.1 Å². The summed E-state index contributed by atoms with van der Waals surface area (Å²) < 4.78 is 16.3. The quantitative estimate of drug-likeness (QED) is 0.683. The fraction of sp³-hybridized carbons (Fsp3) is 0.476. The van der Waals surface area contributed by atoms with E-state index < -0.39 is 0 Å². The van der Waals surface area contributed by atoms with E-state index in [1.165, 1.54) is 6.26 Å². The monoisotopic (exact) mass is 414 g/mol. The smallest absolute Gasteiger partial charge is 0.273 e. The summed E-state index contributed by atoms with van der Waals surface area (Å²) in [6.07, 6.45) is 2.18. The Morgan fingerprint density at radius 2 is 2.10 bits per heavy atom. The van der Waals surface area contributed by atoms with Gasteiger partial charge < -0.3 is 19.2 Å². The van der Waals surface area contributed by atoms with Gasteiger partial charge in [0.2, 0.25) is 5.89 Å². The minimum atomic E-state index is -0.281.